The minimum absolute atomic E-state index is 0.302. The number of anilines is 2. The first-order valence-corrected chi connectivity index (χ1v) is 8.41. The van der Waals surface area contributed by atoms with Crippen LogP contribution in [0.2, 0.25) is 0 Å². The van der Waals surface area contributed by atoms with Crippen LogP contribution in [0.25, 0.3) is 0 Å². The molecule has 0 amide bonds. The zero-order valence-electron chi connectivity index (χ0n) is 13.0. The lowest BCUT2D eigenvalue weighted by molar-refractivity contribution is 0.345. The van der Waals surface area contributed by atoms with E-state index in [1.54, 1.807) is 11.3 Å². The van der Waals surface area contributed by atoms with Crippen LogP contribution >= 0.6 is 11.3 Å². The Morgan fingerprint density at radius 3 is 2.77 bits per heavy atom. The Bertz CT molecular complexity index is 649. The van der Waals surface area contributed by atoms with Crippen LogP contribution < -0.4 is 16.4 Å². The number of hydrogen-bond acceptors (Lipinski definition) is 7. The fourth-order valence-corrected chi connectivity index (χ4v) is 3.50. The van der Waals surface area contributed by atoms with Crippen LogP contribution in [0.4, 0.5) is 11.8 Å². The molecule has 0 bridgehead atoms. The van der Waals surface area contributed by atoms with Crippen LogP contribution in [0.3, 0.4) is 0 Å². The van der Waals surface area contributed by atoms with E-state index in [0.717, 1.165) is 43.0 Å². The SMILES string of the molecule is Cc1ncsc1CCN(C)c1cc(C2CC(N)C2)nc(N)n1. The van der Waals surface area contributed by atoms with Crippen molar-refractivity contribution in [2.75, 3.05) is 24.2 Å². The second-order valence-electron chi connectivity index (χ2n) is 5.97. The lowest BCUT2D eigenvalue weighted by Crippen LogP contribution is -2.35. The Hall–Kier alpha value is -1.73. The number of thiazole rings is 1. The number of nitrogens with two attached hydrogens (primary N) is 2. The van der Waals surface area contributed by atoms with Gasteiger partial charge in [-0.15, -0.1) is 11.3 Å². The van der Waals surface area contributed by atoms with Crippen LogP contribution in [0.15, 0.2) is 11.6 Å². The summed E-state index contributed by atoms with van der Waals surface area (Å²) in [4.78, 5) is 16.5. The van der Waals surface area contributed by atoms with Crippen LogP contribution in [0.1, 0.15) is 35.0 Å². The van der Waals surface area contributed by atoms with Gasteiger partial charge in [-0.25, -0.2) is 9.97 Å². The highest BCUT2D eigenvalue weighted by molar-refractivity contribution is 7.09. The number of rotatable bonds is 5. The lowest BCUT2D eigenvalue weighted by atomic mass is 9.78. The van der Waals surface area contributed by atoms with E-state index >= 15 is 0 Å². The highest BCUT2D eigenvalue weighted by atomic mass is 32.1. The molecule has 0 aromatic carbocycles. The quantitative estimate of drug-likeness (QED) is 0.871. The van der Waals surface area contributed by atoms with Crippen molar-refractivity contribution in [3.8, 4) is 0 Å². The standard InChI is InChI=1S/C15H22N6S/c1-9-13(22-8-18-9)3-4-21(2)14-7-12(19-15(17)20-14)10-5-11(16)6-10/h7-8,10-11H,3-6,16H2,1-2H3,(H2,17,19,20). The summed E-state index contributed by atoms with van der Waals surface area (Å²) >= 11 is 1.70. The van der Waals surface area contributed by atoms with Crippen LogP contribution in [-0.4, -0.2) is 34.6 Å². The number of nitrogen functional groups attached to an aromatic ring is 1. The fourth-order valence-electron chi connectivity index (χ4n) is 2.73. The van der Waals surface area contributed by atoms with Crippen molar-refractivity contribution in [3.05, 3.63) is 27.8 Å². The first-order valence-electron chi connectivity index (χ1n) is 7.53. The third-order valence-corrected chi connectivity index (χ3v) is 5.25. The highest BCUT2D eigenvalue weighted by Gasteiger charge is 2.29. The first-order chi connectivity index (χ1) is 10.5. The van der Waals surface area contributed by atoms with Crippen molar-refractivity contribution in [1.82, 2.24) is 15.0 Å². The molecule has 2 aromatic heterocycles. The van der Waals surface area contributed by atoms with Gasteiger partial charge in [-0.05, 0) is 19.8 Å². The molecule has 6 nitrogen and oxygen atoms in total. The van der Waals surface area contributed by atoms with E-state index in [1.807, 2.05) is 25.5 Å². The number of aromatic nitrogens is 3. The summed E-state index contributed by atoms with van der Waals surface area (Å²) in [6.45, 7) is 2.93. The first kappa shape index (κ1) is 15.2. The fraction of sp³-hybridized carbons (Fsp3) is 0.533. The molecular weight excluding hydrogens is 296 g/mol. The van der Waals surface area contributed by atoms with E-state index in [2.05, 4.69) is 19.9 Å². The molecule has 0 spiro atoms. The van der Waals surface area contributed by atoms with Gasteiger partial charge in [0.2, 0.25) is 5.95 Å². The molecule has 0 unspecified atom stereocenters. The third-order valence-electron chi connectivity index (χ3n) is 4.25. The van der Waals surface area contributed by atoms with Gasteiger partial charge < -0.3 is 16.4 Å². The summed E-state index contributed by atoms with van der Waals surface area (Å²) in [5.41, 5.74) is 15.8. The van der Waals surface area contributed by atoms with E-state index in [1.165, 1.54) is 4.88 Å². The minimum atomic E-state index is 0.302. The Morgan fingerprint density at radius 2 is 2.14 bits per heavy atom. The van der Waals surface area contributed by atoms with Gasteiger partial charge in [-0.2, -0.15) is 4.98 Å². The maximum Gasteiger partial charge on any atom is 0.222 e. The van der Waals surface area contributed by atoms with Crippen LogP contribution in [0.5, 0.6) is 0 Å². The monoisotopic (exact) mass is 318 g/mol. The van der Waals surface area contributed by atoms with Crippen molar-refractivity contribution in [2.45, 2.75) is 38.1 Å². The molecule has 22 heavy (non-hydrogen) atoms. The Morgan fingerprint density at radius 1 is 1.36 bits per heavy atom. The van der Waals surface area contributed by atoms with Crippen molar-refractivity contribution in [1.29, 1.82) is 0 Å². The molecule has 0 atom stereocenters. The Labute approximate surface area is 134 Å². The minimum Gasteiger partial charge on any atom is -0.368 e. The maximum atomic E-state index is 5.88. The van der Waals surface area contributed by atoms with Crippen LogP contribution in [-0.2, 0) is 6.42 Å². The normalized spacial score (nSPS) is 20.7. The van der Waals surface area contributed by atoms with E-state index in [0.29, 0.717) is 17.9 Å². The molecule has 1 fully saturated rings. The molecule has 1 aliphatic rings. The highest BCUT2D eigenvalue weighted by Crippen LogP contribution is 2.35. The Balaban J connectivity index is 1.69. The predicted molar refractivity (Wildman–Crippen MR) is 90.2 cm³/mol. The van der Waals surface area contributed by atoms with Crippen molar-refractivity contribution in [3.63, 3.8) is 0 Å². The molecule has 118 valence electrons. The second-order valence-corrected chi connectivity index (χ2v) is 6.91. The van der Waals surface area contributed by atoms with Crippen molar-refractivity contribution in [2.24, 2.45) is 5.73 Å². The lowest BCUT2D eigenvalue weighted by Gasteiger charge is -2.32. The van der Waals surface area contributed by atoms with Gasteiger partial charge in [0.25, 0.3) is 0 Å². The van der Waals surface area contributed by atoms with Gasteiger partial charge >= 0.3 is 0 Å². The molecule has 3 rings (SSSR count). The molecule has 0 aliphatic heterocycles. The molecule has 2 aromatic rings. The number of hydrogen-bond donors (Lipinski definition) is 2. The Kier molecular flexibility index (Phi) is 4.26. The predicted octanol–water partition coefficient (Wildman–Crippen LogP) is 1.71. The molecular formula is C15H22N6S. The van der Waals surface area contributed by atoms with E-state index in [-0.39, 0.29) is 0 Å². The summed E-state index contributed by atoms with van der Waals surface area (Å²) in [6.07, 6.45) is 2.93. The van der Waals surface area contributed by atoms with Crippen molar-refractivity contribution < 1.29 is 0 Å². The number of aryl methyl sites for hydroxylation is 1. The zero-order valence-corrected chi connectivity index (χ0v) is 13.8. The van der Waals surface area contributed by atoms with Crippen LogP contribution in [0, 0.1) is 6.92 Å². The number of nitrogens with zero attached hydrogens (tertiary/aromatic N) is 4. The summed E-state index contributed by atoms with van der Waals surface area (Å²) in [7, 11) is 2.04. The van der Waals surface area contributed by atoms with E-state index in [9.17, 15) is 0 Å². The van der Waals surface area contributed by atoms with Gasteiger partial charge in [0, 0.05) is 42.9 Å². The van der Waals surface area contributed by atoms with Crippen molar-refractivity contribution >= 4 is 23.1 Å². The number of likely N-dealkylation sites (N-methyl/N-ethyl adjacent to an activating group) is 1. The molecule has 1 saturated carbocycles. The largest absolute Gasteiger partial charge is 0.368 e. The second kappa shape index (κ2) is 6.18. The topological polar surface area (TPSA) is 94.0 Å². The summed E-state index contributed by atoms with van der Waals surface area (Å²) in [5, 5.41) is 0. The summed E-state index contributed by atoms with van der Waals surface area (Å²) in [6, 6.07) is 2.35. The van der Waals surface area contributed by atoms with Gasteiger partial charge in [-0.3, -0.25) is 0 Å². The van der Waals surface area contributed by atoms with Gasteiger partial charge in [-0.1, -0.05) is 0 Å². The van der Waals surface area contributed by atoms with E-state index in [4.69, 9.17) is 11.5 Å². The smallest absolute Gasteiger partial charge is 0.222 e. The van der Waals surface area contributed by atoms with Gasteiger partial charge in [0.1, 0.15) is 5.82 Å². The maximum absolute atomic E-state index is 5.88. The summed E-state index contributed by atoms with van der Waals surface area (Å²) < 4.78 is 0. The van der Waals surface area contributed by atoms with Gasteiger partial charge in [0.15, 0.2) is 0 Å². The molecule has 4 N–H and O–H groups in total. The average Bonchev–Trinajstić information content (AvgIpc) is 2.86. The molecule has 0 radical (unpaired) electrons. The van der Waals surface area contributed by atoms with E-state index < -0.39 is 0 Å². The summed E-state index contributed by atoms with van der Waals surface area (Å²) in [5.74, 6) is 1.65. The average molecular weight is 318 g/mol. The third kappa shape index (κ3) is 3.20. The molecule has 1 aliphatic carbocycles. The van der Waals surface area contributed by atoms with Gasteiger partial charge in [0.05, 0.1) is 16.9 Å². The molecule has 0 saturated heterocycles. The molecule has 2 heterocycles. The molecule has 7 heteroatoms. The zero-order chi connectivity index (χ0) is 15.7.